The number of carboxylic acid groups (broad SMARTS) is 1. The second-order valence-electron chi connectivity index (χ2n) is 8.84. The number of carbonyl (C=O) groups is 4. The van der Waals surface area contributed by atoms with Crippen LogP contribution in [-0.2, 0) is 19.2 Å². The van der Waals surface area contributed by atoms with Crippen molar-refractivity contribution >= 4 is 23.7 Å². The summed E-state index contributed by atoms with van der Waals surface area (Å²) in [5.74, 6) is -2.53. The summed E-state index contributed by atoms with van der Waals surface area (Å²) in [4.78, 5) is 48.9. The van der Waals surface area contributed by atoms with E-state index in [4.69, 9.17) is 11.5 Å². The Labute approximate surface area is 185 Å². The van der Waals surface area contributed by atoms with Crippen molar-refractivity contribution in [2.45, 2.75) is 90.9 Å². The maximum atomic E-state index is 12.7. The Morgan fingerprint density at radius 2 is 1.29 bits per heavy atom. The summed E-state index contributed by atoms with van der Waals surface area (Å²) in [6.07, 6.45) is 2.53. The lowest BCUT2D eigenvalue weighted by atomic mass is 10.0. The first-order chi connectivity index (χ1) is 14.4. The molecule has 0 aromatic rings. The molecule has 0 saturated carbocycles. The fourth-order valence-corrected chi connectivity index (χ4v) is 2.99. The molecule has 31 heavy (non-hydrogen) atoms. The maximum Gasteiger partial charge on any atom is 0.326 e. The number of nitrogens with two attached hydrogens (primary N) is 2. The first-order valence-electron chi connectivity index (χ1n) is 11.0. The molecule has 3 amide bonds. The van der Waals surface area contributed by atoms with Gasteiger partial charge in [-0.3, -0.25) is 14.4 Å². The van der Waals surface area contributed by atoms with Crippen LogP contribution in [0.1, 0.15) is 66.7 Å². The summed E-state index contributed by atoms with van der Waals surface area (Å²) in [6.45, 7) is 9.53. The van der Waals surface area contributed by atoms with Gasteiger partial charge >= 0.3 is 5.97 Å². The van der Waals surface area contributed by atoms with Crippen molar-refractivity contribution < 1.29 is 24.3 Å². The first-order valence-corrected chi connectivity index (χ1v) is 11.0. The molecule has 4 unspecified atom stereocenters. The Hall–Kier alpha value is -2.20. The number of amides is 3. The van der Waals surface area contributed by atoms with Crippen LogP contribution in [0.25, 0.3) is 0 Å². The summed E-state index contributed by atoms with van der Waals surface area (Å²) < 4.78 is 0. The zero-order chi connectivity index (χ0) is 24.1. The van der Waals surface area contributed by atoms with Gasteiger partial charge in [0.2, 0.25) is 17.7 Å². The van der Waals surface area contributed by atoms with E-state index in [1.807, 2.05) is 27.7 Å². The van der Waals surface area contributed by atoms with Crippen LogP contribution in [0.5, 0.6) is 0 Å². The third-order valence-corrected chi connectivity index (χ3v) is 4.72. The van der Waals surface area contributed by atoms with Crippen LogP contribution in [0.3, 0.4) is 0 Å². The molecule has 0 spiro atoms. The van der Waals surface area contributed by atoms with Gasteiger partial charge in [0.05, 0.1) is 6.04 Å². The molecule has 10 heteroatoms. The minimum atomic E-state index is -1.12. The molecular weight excluding hydrogens is 402 g/mol. The van der Waals surface area contributed by atoms with Crippen LogP contribution in [0.15, 0.2) is 0 Å². The highest BCUT2D eigenvalue weighted by molar-refractivity contribution is 5.93. The monoisotopic (exact) mass is 443 g/mol. The molecule has 180 valence electrons. The van der Waals surface area contributed by atoms with Crippen LogP contribution in [-0.4, -0.2) is 59.5 Å². The van der Waals surface area contributed by atoms with Gasteiger partial charge in [0, 0.05) is 0 Å². The molecule has 0 bridgehead atoms. The van der Waals surface area contributed by atoms with E-state index < -0.39 is 47.9 Å². The fourth-order valence-electron chi connectivity index (χ4n) is 2.99. The summed E-state index contributed by atoms with van der Waals surface area (Å²) >= 11 is 0. The molecular formula is C21H41N5O5. The topological polar surface area (TPSA) is 177 Å². The number of unbranched alkanes of at least 4 members (excludes halogenated alkanes) is 1. The van der Waals surface area contributed by atoms with E-state index in [-0.39, 0.29) is 18.3 Å². The standard InChI is InChI=1S/C21H41N5O5/c1-12(2)10-16(20(29)26-17(21(30)31)11-13(3)4)25-18(27)14(5)24-19(28)15(23)8-6-7-9-22/h12-17H,6-11,22-23H2,1-5H3,(H,24,28)(H,25,27)(H,26,29)(H,30,31). The third kappa shape index (κ3) is 12.3. The third-order valence-electron chi connectivity index (χ3n) is 4.72. The molecule has 10 nitrogen and oxygen atoms in total. The van der Waals surface area contributed by atoms with Crippen LogP contribution in [0, 0.1) is 11.8 Å². The fraction of sp³-hybridized carbons (Fsp3) is 0.810. The first kappa shape index (κ1) is 28.8. The van der Waals surface area contributed by atoms with Crippen molar-refractivity contribution in [3.05, 3.63) is 0 Å². The maximum absolute atomic E-state index is 12.7. The zero-order valence-electron chi connectivity index (χ0n) is 19.4. The van der Waals surface area contributed by atoms with Gasteiger partial charge in [-0.25, -0.2) is 4.79 Å². The largest absolute Gasteiger partial charge is 0.480 e. The van der Waals surface area contributed by atoms with Gasteiger partial charge in [-0.2, -0.15) is 0 Å². The normalized spacial score (nSPS) is 15.1. The molecule has 0 aliphatic heterocycles. The van der Waals surface area contributed by atoms with E-state index in [0.29, 0.717) is 25.8 Å². The average molecular weight is 444 g/mol. The van der Waals surface area contributed by atoms with Gasteiger partial charge in [-0.15, -0.1) is 0 Å². The predicted octanol–water partition coefficient (Wildman–Crippen LogP) is 0.0938. The Bertz CT molecular complexity index is 597. The number of rotatable bonds is 15. The number of nitrogens with one attached hydrogen (secondary N) is 3. The predicted molar refractivity (Wildman–Crippen MR) is 119 cm³/mol. The van der Waals surface area contributed by atoms with Crippen LogP contribution >= 0.6 is 0 Å². The molecule has 0 heterocycles. The molecule has 0 saturated heterocycles. The van der Waals surface area contributed by atoms with Gasteiger partial charge in [-0.1, -0.05) is 34.1 Å². The lowest BCUT2D eigenvalue weighted by molar-refractivity contribution is -0.143. The smallest absolute Gasteiger partial charge is 0.326 e. The number of carbonyl (C=O) groups excluding carboxylic acids is 3. The Morgan fingerprint density at radius 1 is 0.774 bits per heavy atom. The SMILES string of the molecule is CC(C)CC(NC(=O)C(CC(C)C)NC(=O)C(C)NC(=O)C(N)CCCCN)C(=O)O. The lowest BCUT2D eigenvalue weighted by Gasteiger charge is -2.25. The van der Waals surface area contributed by atoms with Crippen molar-refractivity contribution in [1.82, 2.24) is 16.0 Å². The summed E-state index contributed by atoms with van der Waals surface area (Å²) in [5, 5.41) is 17.1. The molecule has 0 rings (SSSR count). The van der Waals surface area contributed by atoms with Crippen LogP contribution < -0.4 is 27.4 Å². The van der Waals surface area contributed by atoms with Crippen molar-refractivity contribution in [3.63, 3.8) is 0 Å². The van der Waals surface area contributed by atoms with Gasteiger partial charge in [0.25, 0.3) is 0 Å². The minimum absolute atomic E-state index is 0.0730. The molecule has 0 aliphatic carbocycles. The van der Waals surface area contributed by atoms with E-state index in [2.05, 4.69) is 16.0 Å². The van der Waals surface area contributed by atoms with Crippen molar-refractivity contribution in [1.29, 1.82) is 0 Å². The average Bonchev–Trinajstić information content (AvgIpc) is 2.65. The Kier molecular flexibility index (Phi) is 13.7. The molecule has 0 aliphatic rings. The lowest BCUT2D eigenvalue weighted by Crippen LogP contribution is -2.56. The number of hydrogen-bond acceptors (Lipinski definition) is 6. The van der Waals surface area contributed by atoms with Crippen molar-refractivity contribution in [2.24, 2.45) is 23.3 Å². The van der Waals surface area contributed by atoms with Crippen molar-refractivity contribution in [2.75, 3.05) is 6.54 Å². The highest BCUT2D eigenvalue weighted by Crippen LogP contribution is 2.09. The van der Waals surface area contributed by atoms with Gasteiger partial charge in [-0.05, 0) is 51.0 Å². The van der Waals surface area contributed by atoms with Gasteiger partial charge in [0.1, 0.15) is 18.1 Å². The summed E-state index contributed by atoms with van der Waals surface area (Å²) in [6, 6.07) is -3.60. The van der Waals surface area contributed by atoms with Crippen LogP contribution in [0.4, 0.5) is 0 Å². The van der Waals surface area contributed by atoms with E-state index in [1.54, 1.807) is 0 Å². The number of hydrogen-bond donors (Lipinski definition) is 6. The minimum Gasteiger partial charge on any atom is -0.480 e. The molecule has 0 aromatic carbocycles. The molecule has 8 N–H and O–H groups in total. The summed E-state index contributed by atoms with van der Waals surface area (Å²) in [7, 11) is 0. The second kappa shape index (κ2) is 14.7. The molecule has 0 aromatic heterocycles. The molecule has 4 atom stereocenters. The van der Waals surface area contributed by atoms with Gasteiger partial charge < -0.3 is 32.5 Å². The second-order valence-corrected chi connectivity index (χ2v) is 8.84. The Morgan fingerprint density at radius 3 is 1.77 bits per heavy atom. The van der Waals surface area contributed by atoms with E-state index in [0.717, 1.165) is 6.42 Å². The Balaban J connectivity index is 5.01. The highest BCUT2D eigenvalue weighted by atomic mass is 16.4. The van der Waals surface area contributed by atoms with E-state index in [9.17, 15) is 24.3 Å². The van der Waals surface area contributed by atoms with E-state index >= 15 is 0 Å². The van der Waals surface area contributed by atoms with Crippen LogP contribution in [0.2, 0.25) is 0 Å². The van der Waals surface area contributed by atoms with Crippen molar-refractivity contribution in [3.8, 4) is 0 Å². The zero-order valence-corrected chi connectivity index (χ0v) is 19.4. The van der Waals surface area contributed by atoms with Gasteiger partial charge in [0.15, 0.2) is 0 Å². The number of aliphatic carboxylic acids is 1. The van der Waals surface area contributed by atoms with E-state index in [1.165, 1.54) is 6.92 Å². The number of carboxylic acids is 1. The summed E-state index contributed by atoms with van der Waals surface area (Å²) in [5.41, 5.74) is 11.3. The molecule has 0 radical (unpaired) electrons. The highest BCUT2D eigenvalue weighted by Gasteiger charge is 2.29. The molecule has 0 fully saturated rings. The quantitative estimate of drug-likeness (QED) is 0.194.